The van der Waals surface area contributed by atoms with Crippen LogP contribution >= 0.6 is 11.6 Å². The summed E-state index contributed by atoms with van der Waals surface area (Å²) in [4.78, 5) is 22.2. The van der Waals surface area contributed by atoms with Gasteiger partial charge in [0.15, 0.2) is 0 Å². The van der Waals surface area contributed by atoms with Crippen molar-refractivity contribution in [1.29, 1.82) is 0 Å². The summed E-state index contributed by atoms with van der Waals surface area (Å²) >= 11 is 5.82. The van der Waals surface area contributed by atoms with E-state index in [9.17, 15) is 9.59 Å². The van der Waals surface area contributed by atoms with Crippen LogP contribution in [0, 0.1) is 0 Å². The summed E-state index contributed by atoms with van der Waals surface area (Å²) in [7, 11) is 1.28. The maximum Gasteiger partial charge on any atom is 0.325 e. The Labute approximate surface area is 105 Å². The van der Waals surface area contributed by atoms with Crippen LogP contribution in [0.1, 0.15) is 12.0 Å². The second-order valence-corrected chi connectivity index (χ2v) is 3.92. The highest BCUT2D eigenvalue weighted by Gasteiger charge is 2.05. The Morgan fingerprint density at radius 1 is 1.41 bits per heavy atom. The molecule has 92 valence electrons. The van der Waals surface area contributed by atoms with Crippen molar-refractivity contribution in [2.75, 3.05) is 13.7 Å². The Kier molecular flexibility index (Phi) is 5.49. The molecule has 0 radical (unpaired) electrons. The predicted molar refractivity (Wildman–Crippen MR) is 64.8 cm³/mol. The second kappa shape index (κ2) is 6.91. The van der Waals surface area contributed by atoms with Gasteiger partial charge in [-0.15, -0.1) is 0 Å². The minimum Gasteiger partial charge on any atom is -0.468 e. The maximum absolute atomic E-state index is 11.4. The van der Waals surface area contributed by atoms with Gasteiger partial charge < -0.3 is 10.1 Å². The zero-order valence-electron chi connectivity index (χ0n) is 9.53. The fourth-order valence-electron chi connectivity index (χ4n) is 1.28. The van der Waals surface area contributed by atoms with Gasteiger partial charge in [-0.25, -0.2) is 0 Å². The zero-order chi connectivity index (χ0) is 12.7. The lowest BCUT2D eigenvalue weighted by Gasteiger charge is -2.04. The van der Waals surface area contributed by atoms with Gasteiger partial charge in [0, 0.05) is 11.4 Å². The van der Waals surface area contributed by atoms with Crippen LogP contribution in [0.3, 0.4) is 0 Å². The SMILES string of the molecule is COC(=O)CNC(=O)CCc1cccc(Cl)c1. The van der Waals surface area contributed by atoms with Gasteiger partial charge in [-0.3, -0.25) is 9.59 Å². The van der Waals surface area contributed by atoms with Gasteiger partial charge in [-0.05, 0) is 24.1 Å². The summed E-state index contributed by atoms with van der Waals surface area (Å²) in [5, 5.41) is 3.12. The highest BCUT2D eigenvalue weighted by molar-refractivity contribution is 6.30. The van der Waals surface area contributed by atoms with E-state index < -0.39 is 5.97 Å². The van der Waals surface area contributed by atoms with Crippen molar-refractivity contribution in [2.24, 2.45) is 0 Å². The Morgan fingerprint density at radius 2 is 2.18 bits per heavy atom. The molecule has 17 heavy (non-hydrogen) atoms. The summed E-state index contributed by atoms with van der Waals surface area (Å²) in [5.74, 6) is -0.642. The van der Waals surface area contributed by atoms with Crippen molar-refractivity contribution in [1.82, 2.24) is 5.32 Å². The monoisotopic (exact) mass is 255 g/mol. The van der Waals surface area contributed by atoms with E-state index in [2.05, 4.69) is 10.1 Å². The first-order chi connectivity index (χ1) is 8.11. The molecule has 0 fully saturated rings. The van der Waals surface area contributed by atoms with Gasteiger partial charge in [0.1, 0.15) is 6.54 Å². The van der Waals surface area contributed by atoms with Gasteiger partial charge in [0.2, 0.25) is 5.91 Å². The number of ether oxygens (including phenoxy) is 1. The minimum absolute atomic E-state index is 0.0924. The fraction of sp³-hybridized carbons (Fsp3) is 0.333. The lowest BCUT2D eigenvalue weighted by Crippen LogP contribution is -2.30. The summed E-state index contributed by atoms with van der Waals surface area (Å²) in [6.45, 7) is -0.0924. The molecule has 0 aliphatic heterocycles. The lowest BCUT2D eigenvalue weighted by atomic mass is 10.1. The van der Waals surface area contributed by atoms with Crippen LogP contribution < -0.4 is 5.32 Å². The van der Waals surface area contributed by atoms with E-state index in [4.69, 9.17) is 11.6 Å². The number of benzene rings is 1. The van der Waals surface area contributed by atoms with E-state index in [1.165, 1.54) is 7.11 Å². The number of amides is 1. The zero-order valence-corrected chi connectivity index (χ0v) is 10.3. The first-order valence-electron chi connectivity index (χ1n) is 5.20. The molecule has 5 heteroatoms. The molecule has 0 unspecified atom stereocenters. The van der Waals surface area contributed by atoms with Crippen molar-refractivity contribution in [2.45, 2.75) is 12.8 Å². The topological polar surface area (TPSA) is 55.4 Å². The van der Waals surface area contributed by atoms with Gasteiger partial charge in [-0.1, -0.05) is 23.7 Å². The smallest absolute Gasteiger partial charge is 0.325 e. The van der Waals surface area contributed by atoms with Crippen LogP contribution in [0.15, 0.2) is 24.3 Å². The molecule has 0 saturated carbocycles. The quantitative estimate of drug-likeness (QED) is 0.813. The number of halogens is 1. The summed E-state index contributed by atoms with van der Waals surface area (Å²) < 4.78 is 4.41. The summed E-state index contributed by atoms with van der Waals surface area (Å²) in [6, 6.07) is 7.33. The fourth-order valence-corrected chi connectivity index (χ4v) is 1.49. The molecular weight excluding hydrogens is 242 g/mol. The minimum atomic E-state index is -0.457. The van der Waals surface area contributed by atoms with Crippen LogP contribution in [0.2, 0.25) is 5.02 Å². The molecular formula is C12H14ClNO3. The lowest BCUT2D eigenvalue weighted by molar-refractivity contribution is -0.141. The predicted octanol–water partition coefficient (Wildman–Crippen LogP) is 1.56. The average molecular weight is 256 g/mol. The first-order valence-corrected chi connectivity index (χ1v) is 5.57. The van der Waals surface area contributed by atoms with Crippen LogP contribution in [-0.2, 0) is 20.7 Å². The number of rotatable bonds is 5. The Hall–Kier alpha value is -1.55. The van der Waals surface area contributed by atoms with Crippen molar-refractivity contribution < 1.29 is 14.3 Å². The molecule has 0 aromatic heterocycles. The molecule has 0 heterocycles. The summed E-state index contributed by atoms with van der Waals surface area (Å²) in [5.41, 5.74) is 0.991. The number of esters is 1. The molecule has 1 aromatic rings. The number of methoxy groups -OCH3 is 1. The third kappa shape index (κ3) is 5.36. The van der Waals surface area contributed by atoms with Crippen molar-refractivity contribution in [3.05, 3.63) is 34.9 Å². The van der Waals surface area contributed by atoms with Gasteiger partial charge in [-0.2, -0.15) is 0 Å². The number of aryl methyl sites for hydroxylation is 1. The molecule has 4 nitrogen and oxygen atoms in total. The number of hydrogen-bond donors (Lipinski definition) is 1. The van der Waals surface area contributed by atoms with E-state index in [-0.39, 0.29) is 12.5 Å². The number of carbonyl (C=O) groups excluding carboxylic acids is 2. The van der Waals surface area contributed by atoms with Crippen LogP contribution in [-0.4, -0.2) is 25.5 Å². The Balaban J connectivity index is 2.31. The molecule has 0 aliphatic carbocycles. The van der Waals surface area contributed by atoms with E-state index in [0.29, 0.717) is 17.9 Å². The van der Waals surface area contributed by atoms with Crippen LogP contribution in [0.25, 0.3) is 0 Å². The van der Waals surface area contributed by atoms with E-state index in [0.717, 1.165) is 5.56 Å². The van der Waals surface area contributed by atoms with Gasteiger partial charge in [0.05, 0.1) is 7.11 Å². The first kappa shape index (κ1) is 13.5. The largest absolute Gasteiger partial charge is 0.468 e. The summed E-state index contributed by atoms with van der Waals surface area (Å²) in [6.07, 6.45) is 0.908. The van der Waals surface area contributed by atoms with Crippen molar-refractivity contribution >= 4 is 23.5 Å². The third-order valence-electron chi connectivity index (χ3n) is 2.19. The maximum atomic E-state index is 11.4. The highest BCUT2D eigenvalue weighted by Crippen LogP contribution is 2.11. The third-order valence-corrected chi connectivity index (χ3v) is 2.42. The van der Waals surface area contributed by atoms with Crippen molar-refractivity contribution in [3.8, 4) is 0 Å². The van der Waals surface area contributed by atoms with Crippen molar-refractivity contribution in [3.63, 3.8) is 0 Å². The Bertz CT molecular complexity index is 406. The number of carbonyl (C=O) groups is 2. The van der Waals surface area contributed by atoms with Gasteiger partial charge >= 0.3 is 5.97 Å². The average Bonchev–Trinajstić information content (AvgIpc) is 2.33. The highest BCUT2D eigenvalue weighted by atomic mass is 35.5. The number of hydrogen-bond acceptors (Lipinski definition) is 3. The molecule has 1 aromatic carbocycles. The van der Waals surface area contributed by atoms with E-state index in [1.807, 2.05) is 18.2 Å². The molecule has 0 aliphatic rings. The second-order valence-electron chi connectivity index (χ2n) is 3.48. The van der Waals surface area contributed by atoms with E-state index in [1.54, 1.807) is 6.07 Å². The molecule has 0 atom stereocenters. The molecule has 1 amide bonds. The Morgan fingerprint density at radius 3 is 2.82 bits per heavy atom. The molecule has 1 rings (SSSR count). The number of nitrogens with one attached hydrogen (secondary N) is 1. The van der Waals surface area contributed by atoms with Crippen LogP contribution in [0.5, 0.6) is 0 Å². The molecule has 0 bridgehead atoms. The molecule has 0 spiro atoms. The van der Waals surface area contributed by atoms with E-state index >= 15 is 0 Å². The molecule has 1 N–H and O–H groups in total. The molecule has 0 saturated heterocycles. The van der Waals surface area contributed by atoms with Gasteiger partial charge in [0.25, 0.3) is 0 Å². The standard InChI is InChI=1S/C12H14ClNO3/c1-17-12(16)8-14-11(15)6-5-9-3-2-4-10(13)7-9/h2-4,7H,5-6,8H2,1H3,(H,14,15). The van der Waals surface area contributed by atoms with Crippen LogP contribution in [0.4, 0.5) is 0 Å². The normalized spacial score (nSPS) is 9.76.